The average Bonchev–Trinajstić information content (AvgIpc) is 2.21. The molecule has 0 saturated heterocycles. The fourth-order valence-electron chi connectivity index (χ4n) is 1.28. The third kappa shape index (κ3) is 4.37. The number of benzene rings is 1. The zero-order chi connectivity index (χ0) is 12.0. The highest BCUT2D eigenvalue weighted by Gasteiger charge is 2.01. The Morgan fingerprint density at radius 2 is 2.19 bits per heavy atom. The van der Waals surface area contributed by atoms with Gasteiger partial charge >= 0.3 is 0 Å². The number of ether oxygens (including phenoxy) is 1. The van der Waals surface area contributed by atoms with Crippen molar-refractivity contribution in [3.8, 4) is 5.75 Å². The van der Waals surface area contributed by atoms with Gasteiger partial charge in [0.15, 0.2) is 0 Å². The van der Waals surface area contributed by atoms with Gasteiger partial charge in [-0.1, -0.05) is 11.6 Å². The van der Waals surface area contributed by atoms with E-state index in [0.29, 0.717) is 13.2 Å². The first kappa shape index (κ1) is 13.3. The number of hydrogen-bond donors (Lipinski definition) is 1. The van der Waals surface area contributed by atoms with Crippen molar-refractivity contribution in [3.63, 3.8) is 0 Å². The van der Waals surface area contributed by atoms with Crippen LogP contribution in [0, 0.1) is 0 Å². The Bertz CT molecular complexity index is 370. The van der Waals surface area contributed by atoms with Crippen LogP contribution in [-0.4, -0.2) is 13.2 Å². The number of halogens is 1. The zero-order valence-corrected chi connectivity index (χ0v) is 11.4. The maximum absolute atomic E-state index is 5.63. The summed E-state index contributed by atoms with van der Waals surface area (Å²) in [6.07, 6.45) is 2.95. The maximum Gasteiger partial charge on any atom is 0.133 e. The second-order valence-electron chi connectivity index (χ2n) is 3.90. The van der Waals surface area contributed by atoms with Crippen molar-refractivity contribution in [2.45, 2.75) is 20.3 Å². The van der Waals surface area contributed by atoms with Gasteiger partial charge in [0, 0.05) is 0 Å². The Hall–Kier alpha value is -0.800. The molecule has 0 aliphatic heterocycles. The lowest BCUT2D eigenvalue weighted by molar-refractivity contribution is 0.359. The highest BCUT2D eigenvalue weighted by Crippen LogP contribution is 2.26. The van der Waals surface area contributed by atoms with E-state index in [1.165, 1.54) is 11.1 Å². The van der Waals surface area contributed by atoms with Crippen LogP contribution in [0.25, 0.3) is 0 Å². The van der Waals surface area contributed by atoms with Gasteiger partial charge in [-0.15, -0.1) is 0 Å². The van der Waals surface area contributed by atoms with E-state index >= 15 is 0 Å². The fourth-order valence-corrected chi connectivity index (χ4v) is 1.82. The first-order chi connectivity index (χ1) is 7.63. The predicted octanol–water partition coefficient (Wildman–Crippen LogP) is 3.30. The number of nitrogens with two attached hydrogens (primary N) is 1. The zero-order valence-electron chi connectivity index (χ0n) is 9.79. The van der Waals surface area contributed by atoms with E-state index in [1.807, 2.05) is 6.07 Å². The lowest BCUT2D eigenvalue weighted by atomic mass is 10.1. The number of allylic oxidation sites excluding steroid dienone is 1. The first-order valence-corrected chi connectivity index (χ1v) is 6.17. The molecule has 1 aromatic carbocycles. The molecule has 0 aromatic heterocycles. The van der Waals surface area contributed by atoms with Crippen LogP contribution in [0.3, 0.4) is 0 Å². The van der Waals surface area contributed by atoms with Gasteiger partial charge in [0.05, 0.1) is 4.47 Å². The third-order valence-electron chi connectivity index (χ3n) is 2.16. The molecular formula is C13H18BrNO. The molecule has 0 amide bonds. The summed E-state index contributed by atoms with van der Waals surface area (Å²) in [5, 5.41) is 0. The second-order valence-corrected chi connectivity index (χ2v) is 4.75. The molecule has 0 bridgehead atoms. The minimum Gasteiger partial charge on any atom is -0.488 e. The van der Waals surface area contributed by atoms with Crippen LogP contribution in [0.2, 0.25) is 0 Å². The molecule has 1 aromatic rings. The van der Waals surface area contributed by atoms with E-state index in [4.69, 9.17) is 10.5 Å². The second kappa shape index (κ2) is 6.71. The van der Waals surface area contributed by atoms with Gasteiger partial charge in [-0.3, -0.25) is 0 Å². The van der Waals surface area contributed by atoms with Crippen molar-refractivity contribution in [3.05, 3.63) is 39.9 Å². The summed E-state index contributed by atoms with van der Waals surface area (Å²) in [5.74, 6) is 0.873. The number of rotatable bonds is 5. The van der Waals surface area contributed by atoms with Gasteiger partial charge in [-0.2, -0.15) is 0 Å². The van der Waals surface area contributed by atoms with Crippen molar-refractivity contribution in [1.82, 2.24) is 0 Å². The first-order valence-electron chi connectivity index (χ1n) is 5.38. The Kier molecular flexibility index (Phi) is 5.56. The van der Waals surface area contributed by atoms with E-state index in [1.54, 1.807) is 0 Å². The van der Waals surface area contributed by atoms with E-state index in [0.717, 1.165) is 16.6 Å². The molecule has 0 saturated carbocycles. The monoisotopic (exact) mass is 283 g/mol. The largest absolute Gasteiger partial charge is 0.488 e. The Balaban J connectivity index is 2.64. The van der Waals surface area contributed by atoms with Crippen molar-refractivity contribution in [1.29, 1.82) is 0 Å². The summed E-state index contributed by atoms with van der Waals surface area (Å²) >= 11 is 3.50. The summed E-state index contributed by atoms with van der Waals surface area (Å²) in [6, 6.07) is 6.09. The standard InChI is InChI=1S/C13H18BrNO/c1-10(2)6-8-16-13-4-3-11(5-7-15)9-12(13)14/h3-4,6,9H,5,7-8,15H2,1-2H3. The third-order valence-corrected chi connectivity index (χ3v) is 2.78. The van der Waals surface area contributed by atoms with Crippen LogP contribution in [0.4, 0.5) is 0 Å². The molecule has 0 atom stereocenters. The van der Waals surface area contributed by atoms with Crippen molar-refractivity contribution < 1.29 is 4.74 Å². The van der Waals surface area contributed by atoms with E-state index in [2.05, 4.69) is 48.0 Å². The molecule has 0 unspecified atom stereocenters. The van der Waals surface area contributed by atoms with Crippen molar-refractivity contribution in [2.24, 2.45) is 5.73 Å². The summed E-state index contributed by atoms with van der Waals surface area (Å²) in [7, 11) is 0. The average molecular weight is 284 g/mol. The quantitative estimate of drug-likeness (QED) is 0.842. The molecule has 0 heterocycles. The minimum absolute atomic E-state index is 0.608. The van der Waals surface area contributed by atoms with Gasteiger partial charge in [-0.25, -0.2) is 0 Å². The summed E-state index contributed by atoms with van der Waals surface area (Å²) in [5.41, 5.74) is 7.99. The molecule has 0 spiro atoms. The summed E-state index contributed by atoms with van der Waals surface area (Å²) in [6.45, 7) is 5.40. The minimum atomic E-state index is 0.608. The van der Waals surface area contributed by atoms with E-state index < -0.39 is 0 Å². The SMILES string of the molecule is CC(C)=CCOc1ccc(CCN)cc1Br. The smallest absolute Gasteiger partial charge is 0.133 e. The molecule has 1 rings (SSSR count). The Morgan fingerprint density at radius 3 is 2.75 bits per heavy atom. The highest BCUT2D eigenvalue weighted by atomic mass is 79.9. The van der Waals surface area contributed by atoms with Crippen LogP contribution in [-0.2, 0) is 6.42 Å². The van der Waals surface area contributed by atoms with Gasteiger partial charge in [0.25, 0.3) is 0 Å². The number of hydrogen-bond acceptors (Lipinski definition) is 2. The van der Waals surface area contributed by atoms with Crippen molar-refractivity contribution in [2.75, 3.05) is 13.2 Å². The molecule has 0 radical (unpaired) electrons. The molecular weight excluding hydrogens is 266 g/mol. The van der Waals surface area contributed by atoms with Crippen molar-refractivity contribution >= 4 is 15.9 Å². The Labute approximate surface area is 106 Å². The molecule has 3 heteroatoms. The van der Waals surface area contributed by atoms with Crippen LogP contribution >= 0.6 is 15.9 Å². The van der Waals surface area contributed by atoms with Gasteiger partial charge in [0.2, 0.25) is 0 Å². The summed E-state index contributed by atoms with van der Waals surface area (Å²) in [4.78, 5) is 0. The summed E-state index contributed by atoms with van der Waals surface area (Å²) < 4.78 is 6.61. The van der Waals surface area contributed by atoms with Gasteiger partial charge in [0.1, 0.15) is 12.4 Å². The van der Waals surface area contributed by atoms with E-state index in [-0.39, 0.29) is 0 Å². The van der Waals surface area contributed by atoms with Crippen LogP contribution in [0.15, 0.2) is 34.3 Å². The topological polar surface area (TPSA) is 35.2 Å². The molecule has 0 aliphatic carbocycles. The van der Waals surface area contributed by atoms with Crippen LogP contribution < -0.4 is 10.5 Å². The van der Waals surface area contributed by atoms with Gasteiger partial charge < -0.3 is 10.5 Å². The molecule has 2 nitrogen and oxygen atoms in total. The lowest BCUT2D eigenvalue weighted by Gasteiger charge is -2.08. The van der Waals surface area contributed by atoms with Gasteiger partial charge in [-0.05, 0) is 66.5 Å². The maximum atomic E-state index is 5.63. The molecule has 16 heavy (non-hydrogen) atoms. The molecule has 2 N–H and O–H groups in total. The normalized spacial score (nSPS) is 10.0. The van der Waals surface area contributed by atoms with Crippen LogP contribution in [0.5, 0.6) is 5.75 Å². The molecule has 0 fully saturated rings. The lowest BCUT2D eigenvalue weighted by Crippen LogP contribution is -2.03. The highest BCUT2D eigenvalue weighted by molar-refractivity contribution is 9.10. The van der Waals surface area contributed by atoms with Crippen LogP contribution in [0.1, 0.15) is 19.4 Å². The predicted molar refractivity (Wildman–Crippen MR) is 71.8 cm³/mol. The Morgan fingerprint density at radius 1 is 1.44 bits per heavy atom. The molecule has 0 aliphatic rings. The molecule has 88 valence electrons. The fraction of sp³-hybridized carbons (Fsp3) is 0.385. The van der Waals surface area contributed by atoms with E-state index in [9.17, 15) is 0 Å².